The van der Waals surface area contributed by atoms with Crippen molar-refractivity contribution >= 4 is 11.8 Å². The Labute approximate surface area is 114 Å². The summed E-state index contributed by atoms with van der Waals surface area (Å²) in [6.07, 6.45) is 0. The second kappa shape index (κ2) is 6.52. The zero-order valence-electron chi connectivity index (χ0n) is 12.2. The number of ether oxygens (including phenoxy) is 1. The summed E-state index contributed by atoms with van der Waals surface area (Å²) in [6, 6.07) is 1.80. The monoisotopic (exact) mass is 266 g/mol. The molecule has 1 aromatic rings. The highest BCUT2D eigenvalue weighted by Gasteiger charge is 2.20. The number of hydrogen-bond acceptors (Lipinski definition) is 4. The van der Waals surface area contributed by atoms with Crippen LogP contribution in [0.4, 0.5) is 5.82 Å². The molecule has 5 nitrogen and oxygen atoms in total. The van der Waals surface area contributed by atoms with E-state index in [-0.39, 0.29) is 11.6 Å². The van der Waals surface area contributed by atoms with Gasteiger partial charge in [0.05, 0.1) is 12.6 Å². The molecule has 2 N–H and O–H groups in total. The van der Waals surface area contributed by atoms with Crippen LogP contribution in [0.25, 0.3) is 0 Å². The van der Waals surface area contributed by atoms with Gasteiger partial charge in [0.15, 0.2) is 0 Å². The van der Waals surface area contributed by atoms with E-state index in [2.05, 4.69) is 24.1 Å². The lowest BCUT2D eigenvalue weighted by Gasteiger charge is -2.23. The average Bonchev–Trinajstić information content (AvgIpc) is 2.26. The molecule has 0 saturated heterocycles. The minimum absolute atomic E-state index is 0.0248. The molecule has 0 spiro atoms. The van der Waals surface area contributed by atoms with Gasteiger partial charge < -0.3 is 15.2 Å². The van der Waals surface area contributed by atoms with E-state index in [1.807, 2.05) is 6.92 Å². The third-order valence-electron chi connectivity index (χ3n) is 3.03. The van der Waals surface area contributed by atoms with Crippen molar-refractivity contribution in [2.45, 2.75) is 33.7 Å². The Kier molecular flexibility index (Phi) is 5.30. The molecular weight excluding hydrogens is 244 g/mol. The van der Waals surface area contributed by atoms with E-state index < -0.39 is 5.97 Å². The number of aromatic nitrogens is 1. The number of pyridine rings is 1. The Balaban J connectivity index is 3.14. The average molecular weight is 266 g/mol. The van der Waals surface area contributed by atoms with Gasteiger partial charge in [-0.1, -0.05) is 13.8 Å². The van der Waals surface area contributed by atoms with E-state index in [9.17, 15) is 9.90 Å². The molecule has 5 heteroatoms. The van der Waals surface area contributed by atoms with Crippen LogP contribution >= 0.6 is 0 Å². The predicted octanol–water partition coefficient (Wildman–Crippen LogP) is 2.48. The van der Waals surface area contributed by atoms with Crippen LogP contribution in [0, 0.1) is 19.8 Å². The third-order valence-corrected chi connectivity index (χ3v) is 3.03. The van der Waals surface area contributed by atoms with Gasteiger partial charge in [0.2, 0.25) is 0 Å². The van der Waals surface area contributed by atoms with Gasteiger partial charge >= 0.3 is 5.97 Å². The van der Waals surface area contributed by atoms with Crippen molar-refractivity contribution in [3.8, 4) is 0 Å². The van der Waals surface area contributed by atoms with Crippen LogP contribution in [-0.2, 0) is 4.74 Å². The molecule has 1 heterocycles. The van der Waals surface area contributed by atoms with Gasteiger partial charge in [0.25, 0.3) is 0 Å². The van der Waals surface area contributed by atoms with Crippen LogP contribution in [0.2, 0.25) is 0 Å². The largest absolute Gasteiger partial charge is 0.478 e. The lowest BCUT2D eigenvalue weighted by molar-refractivity contribution is 0.0696. The maximum atomic E-state index is 11.4. The normalized spacial score (nSPS) is 12.5. The number of methoxy groups -OCH3 is 1. The summed E-state index contributed by atoms with van der Waals surface area (Å²) >= 11 is 0. The van der Waals surface area contributed by atoms with Crippen LogP contribution < -0.4 is 5.32 Å². The SMILES string of the molecule is COCC(Nc1nc(C)cc(C)c1C(=O)O)C(C)C. The number of hydrogen-bond donors (Lipinski definition) is 2. The molecule has 0 bridgehead atoms. The molecule has 0 aliphatic heterocycles. The first-order valence-corrected chi connectivity index (χ1v) is 6.33. The standard InChI is InChI=1S/C14H22N2O3/c1-8(2)11(7-19-5)16-13-12(14(17)18)9(3)6-10(4)15-13/h6,8,11H,7H2,1-5H3,(H,15,16)(H,17,18). The van der Waals surface area contributed by atoms with E-state index in [0.717, 1.165) is 5.69 Å². The highest BCUT2D eigenvalue weighted by Crippen LogP contribution is 2.21. The maximum Gasteiger partial charge on any atom is 0.339 e. The lowest BCUT2D eigenvalue weighted by Crippen LogP contribution is -2.32. The Hall–Kier alpha value is -1.62. The zero-order chi connectivity index (χ0) is 14.6. The van der Waals surface area contributed by atoms with Crippen LogP contribution in [0.3, 0.4) is 0 Å². The number of carboxylic acid groups (broad SMARTS) is 1. The molecule has 1 atom stereocenters. The predicted molar refractivity (Wildman–Crippen MR) is 74.8 cm³/mol. The number of nitrogens with zero attached hydrogens (tertiary/aromatic N) is 1. The number of anilines is 1. The topological polar surface area (TPSA) is 71.5 Å². The molecule has 1 aromatic heterocycles. The van der Waals surface area contributed by atoms with Gasteiger partial charge in [-0.3, -0.25) is 0 Å². The van der Waals surface area contributed by atoms with Crippen molar-refractivity contribution in [1.82, 2.24) is 4.98 Å². The molecular formula is C14H22N2O3. The fourth-order valence-electron chi connectivity index (χ4n) is 1.97. The number of rotatable bonds is 6. The number of nitrogens with one attached hydrogen (secondary N) is 1. The number of aryl methyl sites for hydroxylation is 2. The maximum absolute atomic E-state index is 11.4. The summed E-state index contributed by atoms with van der Waals surface area (Å²) < 4.78 is 5.16. The molecule has 0 aliphatic carbocycles. The number of carbonyl (C=O) groups is 1. The first kappa shape index (κ1) is 15.4. The van der Waals surface area contributed by atoms with E-state index in [4.69, 9.17) is 4.74 Å². The second-order valence-corrected chi connectivity index (χ2v) is 5.06. The molecule has 1 rings (SSSR count). The minimum Gasteiger partial charge on any atom is -0.478 e. The second-order valence-electron chi connectivity index (χ2n) is 5.06. The summed E-state index contributed by atoms with van der Waals surface area (Å²) in [5.74, 6) is -0.239. The molecule has 0 radical (unpaired) electrons. The number of aromatic carboxylic acids is 1. The van der Waals surface area contributed by atoms with E-state index in [1.54, 1.807) is 20.1 Å². The summed E-state index contributed by atoms with van der Waals surface area (Å²) in [6.45, 7) is 8.25. The Bertz CT molecular complexity index is 458. The summed E-state index contributed by atoms with van der Waals surface area (Å²) in [5.41, 5.74) is 1.74. The first-order chi connectivity index (χ1) is 8.86. The Morgan fingerprint density at radius 2 is 2.11 bits per heavy atom. The highest BCUT2D eigenvalue weighted by atomic mass is 16.5. The fourth-order valence-corrected chi connectivity index (χ4v) is 1.97. The van der Waals surface area contributed by atoms with E-state index >= 15 is 0 Å². The molecule has 0 amide bonds. The molecule has 0 aromatic carbocycles. The third kappa shape index (κ3) is 3.92. The first-order valence-electron chi connectivity index (χ1n) is 6.33. The molecule has 0 fully saturated rings. The summed E-state index contributed by atoms with van der Waals surface area (Å²) in [4.78, 5) is 15.7. The van der Waals surface area contributed by atoms with Crippen molar-refractivity contribution in [1.29, 1.82) is 0 Å². The van der Waals surface area contributed by atoms with Crippen molar-refractivity contribution in [3.05, 3.63) is 22.9 Å². The fraction of sp³-hybridized carbons (Fsp3) is 0.571. The van der Waals surface area contributed by atoms with Gasteiger partial charge in [0, 0.05) is 12.8 Å². The van der Waals surface area contributed by atoms with Crippen LogP contribution in [0.1, 0.15) is 35.5 Å². The van der Waals surface area contributed by atoms with Gasteiger partial charge in [0.1, 0.15) is 11.4 Å². The summed E-state index contributed by atoms with van der Waals surface area (Å²) in [7, 11) is 1.63. The molecule has 1 unspecified atom stereocenters. The van der Waals surface area contributed by atoms with Gasteiger partial charge in [-0.15, -0.1) is 0 Å². The van der Waals surface area contributed by atoms with E-state index in [1.165, 1.54) is 0 Å². The van der Waals surface area contributed by atoms with Gasteiger partial charge in [-0.25, -0.2) is 9.78 Å². The molecule has 19 heavy (non-hydrogen) atoms. The minimum atomic E-state index is -0.965. The smallest absolute Gasteiger partial charge is 0.339 e. The highest BCUT2D eigenvalue weighted by molar-refractivity contribution is 5.94. The van der Waals surface area contributed by atoms with Crippen LogP contribution in [0.5, 0.6) is 0 Å². The lowest BCUT2D eigenvalue weighted by atomic mass is 10.0. The Morgan fingerprint density at radius 3 is 2.58 bits per heavy atom. The van der Waals surface area contributed by atoms with Gasteiger partial charge in [-0.05, 0) is 31.4 Å². The van der Waals surface area contributed by atoms with Gasteiger partial charge in [-0.2, -0.15) is 0 Å². The number of carboxylic acids is 1. The van der Waals surface area contributed by atoms with Crippen molar-refractivity contribution in [3.63, 3.8) is 0 Å². The Morgan fingerprint density at radius 1 is 1.47 bits per heavy atom. The van der Waals surface area contributed by atoms with Crippen molar-refractivity contribution < 1.29 is 14.6 Å². The van der Waals surface area contributed by atoms with Crippen LogP contribution in [0.15, 0.2) is 6.07 Å². The summed E-state index contributed by atoms with van der Waals surface area (Å²) in [5, 5.41) is 12.5. The zero-order valence-corrected chi connectivity index (χ0v) is 12.2. The van der Waals surface area contributed by atoms with Crippen molar-refractivity contribution in [2.24, 2.45) is 5.92 Å². The molecule has 0 aliphatic rings. The van der Waals surface area contributed by atoms with Crippen molar-refractivity contribution in [2.75, 3.05) is 19.0 Å². The van der Waals surface area contributed by atoms with E-state index in [0.29, 0.717) is 23.9 Å². The van der Waals surface area contributed by atoms with Crippen LogP contribution in [-0.4, -0.2) is 35.8 Å². The molecule has 106 valence electrons. The quantitative estimate of drug-likeness (QED) is 0.827. The molecule has 0 saturated carbocycles.